The lowest BCUT2D eigenvalue weighted by Crippen LogP contribution is -2.53. The summed E-state index contributed by atoms with van der Waals surface area (Å²) in [5.74, 6) is -1.23. The largest absolute Gasteiger partial charge is 0.371 e. The number of aliphatic hydroxyl groups is 1. The Hall–Kier alpha value is -2.10. The highest BCUT2D eigenvalue weighted by Gasteiger charge is 2.73. The minimum absolute atomic E-state index is 0.125. The molecule has 1 heterocycles. The van der Waals surface area contributed by atoms with Crippen molar-refractivity contribution in [1.29, 1.82) is 15.8 Å². The van der Waals surface area contributed by atoms with Gasteiger partial charge in [0.1, 0.15) is 5.72 Å². The highest BCUT2D eigenvalue weighted by molar-refractivity contribution is 5.91. The Morgan fingerprint density at radius 1 is 1.39 bits per heavy atom. The molecule has 0 aromatic carbocycles. The predicted octanol–water partition coefficient (Wildman–Crippen LogP) is 0.168. The Balaban J connectivity index is 2.71. The quantitative estimate of drug-likeness (QED) is 0.681. The number of carbonyl (C=O) groups excluding carboxylic acids is 1. The van der Waals surface area contributed by atoms with Crippen molar-refractivity contribution in [2.75, 3.05) is 0 Å². The van der Waals surface area contributed by atoms with Crippen LogP contribution in [-0.2, 0) is 4.79 Å². The van der Waals surface area contributed by atoms with Crippen LogP contribution in [0.1, 0.15) is 26.2 Å². The van der Waals surface area contributed by atoms with Gasteiger partial charge in [-0.05, 0) is 5.92 Å². The van der Waals surface area contributed by atoms with Crippen molar-refractivity contribution in [2.45, 2.75) is 31.9 Å². The summed E-state index contributed by atoms with van der Waals surface area (Å²) >= 11 is 0. The zero-order valence-corrected chi connectivity index (χ0v) is 9.90. The van der Waals surface area contributed by atoms with Gasteiger partial charge in [0.2, 0.25) is 5.91 Å². The molecule has 0 radical (unpaired) electrons. The maximum absolute atomic E-state index is 12.0. The van der Waals surface area contributed by atoms with Crippen LogP contribution in [0.3, 0.4) is 0 Å². The van der Waals surface area contributed by atoms with Crippen LogP contribution >= 0.6 is 0 Å². The normalized spacial score (nSPS) is 40.2. The van der Waals surface area contributed by atoms with Gasteiger partial charge in [-0.3, -0.25) is 4.79 Å². The third-order valence-corrected chi connectivity index (χ3v) is 4.20. The molecule has 2 fully saturated rings. The van der Waals surface area contributed by atoms with E-state index in [1.54, 1.807) is 6.92 Å². The van der Waals surface area contributed by atoms with E-state index in [-0.39, 0.29) is 12.8 Å². The minimum atomic E-state index is -1.77. The summed E-state index contributed by atoms with van der Waals surface area (Å²) in [6, 6.07) is 5.58. The first kappa shape index (κ1) is 12.4. The molecule has 2 aliphatic rings. The Bertz CT molecular complexity index is 524. The van der Waals surface area contributed by atoms with Crippen LogP contribution in [-0.4, -0.2) is 16.7 Å². The molecule has 1 saturated heterocycles. The third-order valence-electron chi connectivity index (χ3n) is 4.20. The van der Waals surface area contributed by atoms with Gasteiger partial charge in [-0.15, -0.1) is 0 Å². The van der Waals surface area contributed by atoms with Crippen molar-refractivity contribution in [3.63, 3.8) is 0 Å². The number of hydrogen-bond acceptors (Lipinski definition) is 5. The average molecular weight is 244 g/mol. The van der Waals surface area contributed by atoms with E-state index < -0.39 is 28.4 Å². The molecule has 1 saturated carbocycles. The fraction of sp³-hybridized carbons (Fsp3) is 0.667. The third kappa shape index (κ3) is 1.10. The zero-order chi connectivity index (χ0) is 13.6. The van der Waals surface area contributed by atoms with E-state index in [1.807, 2.05) is 18.2 Å². The number of nitrogens with zero attached hydrogens (tertiary/aromatic N) is 3. The lowest BCUT2D eigenvalue weighted by atomic mass is 9.52. The molecule has 0 unspecified atom stereocenters. The SMILES string of the molecule is CC[C@@H]1C[C@@]2(O)C[C@@](C#N)(C(=O)N2)C1(C#N)C#N. The van der Waals surface area contributed by atoms with E-state index in [0.29, 0.717) is 6.42 Å². The standard InChI is InChI=1S/C12H12N4O2/c1-2-8-3-12(18)4-10(5-13,9(17)16-12)11(8,6-14)7-15/h8,18H,2-4H2,1H3,(H,16,17)/t8-,10-,12-/m1/s1. The van der Waals surface area contributed by atoms with Gasteiger partial charge >= 0.3 is 0 Å². The van der Waals surface area contributed by atoms with Crippen molar-refractivity contribution >= 4 is 5.91 Å². The minimum Gasteiger partial charge on any atom is -0.371 e. The molecule has 1 amide bonds. The van der Waals surface area contributed by atoms with Crippen LogP contribution in [0.15, 0.2) is 0 Å². The van der Waals surface area contributed by atoms with Crippen molar-refractivity contribution in [2.24, 2.45) is 16.7 Å². The van der Waals surface area contributed by atoms with E-state index in [1.165, 1.54) is 0 Å². The molecule has 1 aliphatic carbocycles. The molecule has 92 valence electrons. The number of nitrogens with one attached hydrogen (secondary N) is 1. The highest BCUT2D eigenvalue weighted by atomic mass is 16.3. The Labute approximate surface area is 104 Å². The Morgan fingerprint density at radius 2 is 2.00 bits per heavy atom. The Morgan fingerprint density at radius 3 is 2.44 bits per heavy atom. The van der Waals surface area contributed by atoms with Gasteiger partial charge in [-0.1, -0.05) is 13.3 Å². The van der Waals surface area contributed by atoms with Gasteiger partial charge in [-0.25, -0.2) is 0 Å². The van der Waals surface area contributed by atoms with Crippen molar-refractivity contribution in [1.82, 2.24) is 5.32 Å². The number of amides is 1. The van der Waals surface area contributed by atoms with Gasteiger partial charge in [0.05, 0.1) is 18.2 Å². The average Bonchev–Trinajstić information content (AvgIpc) is 2.59. The van der Waals surface area contributed by atoms with E-state index in [2.05, 4.69) is 5.32 Å². The summed E-state index contributed by atoms with van der Waals surface area (Å²) < 4.78 is 0. The zero-order valence-electron chi connectivity index (χ0n) is 9.90. The second kappa shape index (κ2) is 3.45. The van der Waals surface area contributed by atoms with Gasteiger partial charge < -0.3 is 10.4 Å². The van der Waals surface area contributed by atoms with Crippen molar-refractivity contribution < 1.29 is 9.90 Å². The van der Waals surface area contributed by atoms with Gasteiger partial charge in [0.25, 0.3) is 0 Å². The molecule has 18 heavy (non-hydrogen) atoms. The van der Waals surface area contributed by atoms with Crippen molar-refractivity contribution in [3.05, 3.63) is 0 Å². The fourth-order valence-electron chi connectivity index (χ4n) is 3.26. The second-order valence-corrected chi connectivity index (χ2v) is 5.02. The van der Waals surface area contributed by atoms with E-state index in [4.69, 9.17) is 0 Å². The first-order valence-corrected chi connectivity index (χ1v) is 5.72. The number of rotatable bonds is 1. The summed E-state index contributed by atoms with van der Waals surface area (Å²) in [7, 11) is 0. The topological polar surface area (TPSA) is 121 Å². The van der Waals surface area contributed by atoms with Gasteiger partial charge in [-0.2, -0.15) is 15.8 Å². The summed E-state index contributed by atoms with van der Waals surface area (Å²) in [5, 5.41) is 40.7. The molecule has 2 bridgehead atoms. The first-order valence-electron chi connectivity index (χ1n) is 5.72. The molecule has 0 aromatic rings. The number of nitriles is 3. The molecular formula is C12H12N4O2. The van der Waals surface area contributed by atoms with Gasteiger partial charge in [0, 0.05) is 12.8 Å². The molecule has 2 N–H and O–H groups in total. The second-order valence-electron chi connectivity index (χ2n) is 5.02. The summed E-state index contributed by atoms with van der Waals surface area (Å²) in [4.78, 5) is 12.0. The lowest BCUT2D eigenvalue weighted by molar-refractivity contribution is -0.128. The molecule has 6 heteroatoms. The molecule has 0 spiro atoms. The summed E-state index contributed by atoms with van der Waals surface area (Å²) in [6.45, 7) is 1.78. The Kier molecular flexibility index (Phi) is 2.37. The van der Waals surface area contributed by atoms with Crippen LogP contribution in [0.25, 0.3) is 0 Å². The van der Waals surface area contributed by atoms with Crippen LogP contribution in [0.5, 0.6) is 0 Å². The number of hydrogen-bond donors (Lipinski definition) is 2. The first-order chi connectivity index (χ1) is 8.43. The van der Waals surface area contributed by atoms with Gasteiger partial charge in [0.15, 0.2) is 10.8 Å². The predicted molar refractivity (Wildman–Crippen MR) is 57.8 cm³/mol. The molecule has 0 aromatic heterocycles. The van der Waals surface area contributed by atoms with Crippen molar-refractivity contribution in [3.8, 4) is 18.2 Å². The molecular weight excluding hydrogens is 232 g/mol. The number of carbonyl (C=O) groups is 1. The van der Waals surface area contributed by atoms with E-state index in [9.17, 15) is 25.7 Å². The lowest BCUT2D eigenvalue weighted by Gasteiger charge is -2.43. The smallest absolute Gasteiger partial charge is 0.245 e. The number of fused-ring (bicyclic) bond motifs is 2. The fourth-order valence-corrected chi connectivity index (χ4v) is 3.26. The van der Waals surface area contributed by atoms with E-state index >= 15 is 0 Å². The van der Waals surface area contributed by atoms with Crippen LogP contribution in [0.2, 0.25) is 0 Å². The maximum Gasteiger partial charge on any atom is 0.245 e. The monoisotopic (exact) mass is 244 g/mol. The van der Waals surface area contributed by atoms with E-state index in [0.717, 1.165) is 0 Å². The summed E-state index contributed by atoms with van der Waals surface area (Å²) in [5.41, 5.74) is -4.93. The molecule has 3 atom stereocenters. The highest BCUT2D eigenvalue weighted by Crippen LogP contribution is 2.59. The van der Waals surface area contributed by atoms with Crippen LogP contribution in [0, 0.1) is 50.7 Å². The van der Waals surface area contributed by atoms with Crippen LogP contribution in [0.4, 0.5) is 0 Å². The molecule has 6 nitrogen and oxygen atoms in total. The maximum atomic E-state index is 12.0. The molecule has 2 rings (SSSR count). The summed E-state index contributed by atoms with van der Waals surface area (Å²) in [6.07, 6.45) is 0.370. The molecule has 1 aliphatic heterocycles. The van der Waals surface area contributed by atoms with Crippen LogP contribution < -0.4 is 5.32 Å².